The number of carbonyl (C=O) groups is 2. The van der Waals surface area contributed by atoms with Gasteiger partial charge < -0.3 is 15.8 Å². The number of hydrogen-bond acceptors (Lipinski definition) is 4. The van der Waals surface area contributed by atoms with Crippen molar-refractivity contribution in [3.8, 4) is 0 Å². The lowest BCUT2D eigenvalue weighted by atomic mass is 9.85. The highest BCUT2D eigenvalue weighted by Crippen LogP contribution is 2.38. The Balaban J connectivity index is 0.00000242. The normalized spacial score (nSPS) is 15.7. The molecule has 122 valence electrons. The fourth-order valence-electron chi connectivity index (χ4n) is 2.78. The van der Waals surface area contributed by atoms with Gasteiger partial charge >= 0.3 is 5.97 Å². The molecule has 1 fully saturated rings. The Bertz CT molecular complexity index is 528. The molecule has 1 aromatic carbocycles. The first-order chi connectivity index (χ1) is 10.1. The third-order valence-electron chi connectivity index (χ3n) is 4.06. The van der Waals surface area contributed by atoms with E-state index >= 15 is 0 Å². The van der Waals surface area contributed by atoms with Crippen LogP contribution >= 0.6 is 12.4 Å². The van der Waals surface area contributed by atoms with Crippen LogP contribution in [-0.4, -0.2) is 25.0 Å². The van der Waals surface area contributed by atoms with Crippen LogP contribution in [0.25, 0.3) is 0 Å². The van der Waals surface area contributed by atoms with Gasteiger partial charge in [0.05, 0.1) is 17.6 Å². The quantitative estimate of drug-likeness (QED) is 0.815. The first kappa shape index (κ1) is 18.5. The van der Waals surface area contributed by atoms with Gasteiger partial charge in [-0.2, -0.15) is 0 Å². The maximum atomic E-state index is 12.5. The van der Waals surface area contributed by atoms with Crippen molar-refractivity contribution in [3.05, 3.63) is 29.8 Å². The monoisotopic (exact) mass is 326 g/mol. The largest absolute Gasteiger partial charge is 0.462 e. The smallest absolute Gasteiger partial charge is 0.338 e. The Morgan fingerprint density at radius 3 is 2.59 bits per heavy atom. The van der Waals surface area contributed by atoms with Crippen LogP contribution < -0.4 is 11.1 Å². The van der Waals surface area contributed by atoms with E-state index in [1.807, 2.05) is 0 Å². The number of rotatable bonds is 5. The SMILES string of the molecule is CCOC(=O)c1cccc(NC(=O)C2(CN)CCCC2)c1.Cl. The van der Waals surface area contributed by atoms with Crippen molar-refractivity contribution in [3.63, 3.8) is 0 Å². The van der Waals surface area contributed by atoms with Crippen molar-refractivity contribution in [2.45, 2.75) is 32.6 Å². The molecule has 2 rings (SSSR count). The van der Waals surface area contributed by atoms with Gasteiger partial charge in [-0.05, 0) is 38.0 Å². The second kappa shape index (κ2) is 8.15. The predicted molar refractivity (Wildman–Crippen MR) is 88.2 cm³/mol. The van der Waals surface area contributed by atoms with Crippen LogP contribution in [0.4, 0.5) is 5.69 Å². The number of ether oxygens (including phenoxy) is 1. The Hall–Kier alpha value is -1.59. The van der Waals surface area contributed by atoms with Crippen LogP contribution in [0, 0.1) is 5.41 Å². The summed E-state index contributed by atoms with van der Waals surface area (Å²) in [6.07, 6.45) is 3.72. The molecule has 0 bridgehead atoms. The summed E-state index contributed by atoms with van der Waals surface area (Å²) < 4.78 is 4.96. The summed E-state index contributed by atoms with van der Waals surface area (Å²) in [5.74, 6) is -0.438. The van der Waals surface area contributed by atoms with Crippen molar-refractivity contribution in [1.29, 1.82) is 0 Å². The van der Waals surface area contributed by atoms with Gasteiger partial charge in [0.2, 0.25) is 5.91 Å². The van der Waals surface area contributed by atoms with Gasteiger partial charge in [-0.1, -0.05) is 18.9 Å². The van der Waals surface area contributed by atoms with E-state index in [-0.39, 0.29) is 24.3 Å². The van der Waals surface area contributed by atoms with Gasteiger partial charge in [0.15, 0.2) is 0 Å². The standard InChI is InChI=1S/C16H22N2O3.ClH/c1-2-21-14(19)12-6-5-7-13(10-12)18-15(20)16(11-17)8-3-4-9-16;/h5-7,10H,2-4,8-9,11,17H2,1H3,(H,18,20);1H. The number of amides is 1. The van der Waals surface area contributed by atoms with Gasteiger partial charge in [-0.3, -0.25) is 4.79 Å². The topological polar surface area (TPSA) is 81.4 Å². The van der Waals surface area contributed by atoms with Crippen molar-refractivity contribution in [1.82, 2.24) is 0 Å². The van der Waals surface area contributed by atoms with Crippen molar-refractivity contribution in [2.75, 3.05) is 18.5 Å². The van der Waals surface area contributed by atoms with E-state index in [0.717, 1.165) is 25.7 Å². The maximum absolute atomic E-state index is 12.5. The molecule has 0 saturated heterocycles. The van der Waals surface area contributed by atoms with Gasteiger partial charge in [-0.25, -0.2) is 4.79 Å². The number of carbonyl (C=O) groups excluding carboxylic acids is 2. The van der Waals surface area contributed by atoms with Crippen LogP contribution in [-0.2, 0) is 9.53 Å². The summed E-state index contributed by atoms with van der Waals surface area (Å²) in [6.45, 7) is 2.44. The lowest BCUT2D eigenvalue weighted by Gasteiger charge is -2.25. The number of anilines is 1. The molecule has 1 aromatic rings. The molecule has 0 aliphatic heterocycles. The molecule has 0 radical (unpaired) electrons. The van der Waals surface area contributed by atoms with Crippen molar-refractivity contribution >= 4 is 30.0 Å². The van der Waals surface area contributed by atoms with Gasteiger partial charge in [0.1, 0.15) is 0 Å². The minimum absolute atomic E-state index is 0. The van der Waals surface area contributed by atoms with E-state index in [1.54, 1.807) is 31.2 Å². The van der Waals surface area contributed by atoms with Crippen LogP contribution in [0.15, 0.2) is 24.3 Å². The lowest BCUT2D eigenvalue weighted by molar-refractivity contribution is -0.124. The lowest BCUT2D eigenvalue weighted by Crippen LogP contribution is -2.40. The molecule has 1 aliphatic carbocycles. The zero-order valence-corrected chi connectivity index (χ0v) is 13.6. The average Bonchev–Trinajstić information content (AvgIpc) is 2.98. The highest BCUT2D eigenvalue weighted by atomic mass is 35.5. The van der Waals surface area contributed by atoms with Crippen LogP contribution in [0.5, 0.6) is 0 Å². The Labute approximate surface area is 137 Å². The second-order valence-electron chi connectivity index (χ2n) is 5.45. The highest BCUT2D eigenvalue weighted by molar-refractivity contribution is 5.97. The third kappa shape index (κ3) is 3.99. The van der Waals surface area contributed by atoms with E-state index in [0.29, 0.717) is 24.4 Å². The van der Waals surface area contributed by atoms with Crippen molar-refractivity contribution in [2.24, 2.45) is 11.1 Å². The Kier molecular flexibility index (Phi) is 6.84. The van der Waals surface area contributed by atoms with E-state index in [4.69, 9.17) is 10.5 Å². The third-order valence-corrected chi connectivity index (χ3v) is 4.06. The summed E-state index contributed by atoms with van der Waals surface area (Å²) in [5, 5.41) is 2.89. The number of nitrogens with one attached hydrogen (secondary N) is 1. The zero-order chi connectivity index (χ0) is 15.3. The van der Waals surface area contributed by atoms with E-state index in [2.05, 4.69) is 5.32 Å². The first-order valence-electron chi connectivity index (χ1n) is 7.40. The Morgan fingerprint density at radius 2 is 2.00 bits per heavy atom. The zero-order valence-electron chi connectivity index (χ0n) is 12.8. The molecule has 1 amide bonds. The minimum atomic E-state index is -0.458. The maximum Gasteiger partial charge on any atom is 0.338 e. The summed E-state index contributed by atoms with van der Waals surface area (Å²) in [4.78, 5) is 24.2. The summed E-state index contributed by atoms with van der Waals surface area (Å²) in [7, 11) is 0. The summed E-state index contributed by atoms with van der Waals surface area (Å²) in [6, 6.07) is 6.79. The molecule has 22 heavy (non-hydrogen) atoms. The summed E-state index contributed by atoms with van der Waals surface area (Å²) >= 11 is 0. The number of esters is 1. The summed E-state index contributed by atoms with van der Waals surface area (Å²) in [5.41, 5.74) is 6.38. The van der Waals surface area contributed by atoms with E-state index < -0.39 is 5.41 Å². The number of hydrogen-bond donors (Lipinski definition) is 2. The first-order valence-corrected chi connectivity index (χ1v) is 7.40. The molecular weight excluding hydrogens is 304 g/mol. The fraction of sp³-hybridized carbons (Fsp3) is 0.500. The van der Waals surface area contributed by atoms with Crippen molar-refractivity contribution < 1.29 is 14.3 Å². The molecule has 3 N–H and O–H groups in total. The van der Waals surface area contributed by atoms with E-state index in [9.17, 15) is 9.59 Å². The molecule has 6 heteroatoms. The number of halogens is 1. The molecule has 1 saturated carbocycles. The fourth-order valence-corrected chi connectivity index (χ4v) is 2.78. The van der Waals surface area contributed by atoms with Crippen LogP contribution in [0.3, 0.4) is 0 Å². The van der Waals surface area contributed by atoms with E-state index in [1.165, 1.54) is 0 Å². The average molecular weight is 327 g/mol. The molecule has 0 unspecified atom stereocenters. The second-order valence-corrected chi connectivity index (χ2v) is 5.45. The highest BCUT2D eigenvalue weighted by Gasteiger charge is 2.39. The molecule has 0 atom stereocenters. The van der Waals surface area contributed by atoms with Crippen LogP contribution in [0.2, 0.25) is 0 Å². The van der Waals surface area contributed by atoms with Gasteiger partial charge in [-0.15, -0.1) is 12.4 Å². The molecule has 5 nitrogen and oxygen atoms in total. The molecule has 0 aromatic heterocycles. The molecule has 0 heterocycles. The van der Waals surface area contributed by atoms with Gasteiger partial charge in [0.25, 0.3) is 0 Å². The molecule has 0 spiro atoms. The Morgan fingerprint density at radius 1 is 1.32 bits per heavy atom. The molecular formula is C16H23ClN2O3. The van der Waals surface area contributed by atoms with Gasteiger partial charge in [0, 0.05) is 12.2 Å². The van der Waals surface area contributed by atoms with Crippen LogP contribution in [0.1, 0.15) is 43.0 Å². The number of benzene rings is 1. The molecule has 1 aliphatic rings. The predicted octanol–water partition coefficient (Wildman–Crippen LogP) is 2.74. The number of nitrogens with two attached hydrogens (primary N) is 1. The minimum Gasteiger partial charge on any atom is -0.462 e.